The summed E-state index contributed by atoms with van der Waals surface area (Å²) < 4.78 is 19.8. The number of thioether (sulfide) groups is 1. The highest BCUT2D eigenvalue weighted by Gasteiger charge is 2.14. The molecule has 0 aliphatic heterocycles. The molecule has 0 radical (unpaired) electrons. The summed E-state index contributed by atoms with van der Waals surface area (Å²) in [5.41, 5.74) is 0.741. The van der Waals surface area contributed by atoms with Crippen molar-refractivity contribution in [3.8, 4) is 17.1 Å². The quantitative estimate of drug-likeness (QED) is 0.382. The van der Waals surface area contributed by atoms with Crippen molar-refractivity contribution in [2.75, 3.05) is 18.2 Å². The van der Waals surface area contributed by atoms with Crippen LogP contribution in [0.3, 0.4) is 0 Å². The van der Waals surface area contributed by atoms with Crippen LogP contribution in [0, 0.1) is 5.82 Å². The minimum atomic E-state index is -0.278. The van der Waals surface area contributed by atoms with E-state index in [0.717, 1.165) is 17.7 Å². The Kier molecular flexibility index (Phi) is 5.78. The van der Waals surface area contributed by atoms with Gasteiger partial charge in [0.2, 0.25) is 5.16 Å². The Bertz CT molecular complexity index is 841. The van der Waals surface area contributed by atoms with Gasteiger partial charge in [-0.2, -0.15) is 0 Å². The molecule has 0 bridgehead atoms. The second-order valence-corrected chi connectivity index (χ2v) is 6.63. The van der Waals surface area contributed by atoms with Crippen molar-refractivity contribution >= 4 is 23.4 Å². The van der Waals surface area contributed by atoms with E-state index in [1.807, 2.05) is 18.2 Å². The van der Waals surface area contributed by atoms with Crippen LogP contribution in [0.1, 0.15) is 6.42 Å². The normalized spacial score (nSPS) is 10.8. The van der Waals surface area contributed by atoms with Crippen LogP contribution >= 0.6 is 23.4 Å². The van der Waals surface area contributed by atoms with Gasteiger partial charge in [0.1, 0.15) is 11.6 Å². The van der Waals surface area contributed by atoms with Crippen molar-refractivity contribution < 1.29 is 9.13 Å². The van der Waals surface area contributed by atoms with E-state index in [-0.39, 0.29) is 5.82 Å². The third kappa shape index (κ3) is 4.43. The molecule has 0 aliphatic carbocycles. The number of nitrogens with zero attached hydrogens (tertiary/aromatic N) is 3. The average molecular weight is 379 g/mol. The van der Waals surface area contributed by atoms with Gasteiger partial charge in [-0.3, -0.25) is 0 Å². The van der Waals surface area contributed by atoms with Crippen molar-refractivity contribution in [3.63, 3.8) is 0 Å². The molecule has 0 unspecified atom stereocenters. The lowest BCUT2D eigenvalue weighted by Gasteiger charge is -2.06. The summed E-state index contributed by atoms with van der Waals surface area (Å²) in [5, 5.41) is 9.41. The topological polar surface area (TPSA) is 66.0 Å². The molecule has 25 heavy (non-hydrogen) atoms. The van der Waals surface area contributed by atoms with E-state index in [9.17, 15) is 4.39 Å². The molecule has 1 aromatic heterocycles. The molecule has 3 rings (SSSR count). The number of ether oxygens (including phenoxy) is 1. The second-order valence-electron chi connectivity index (χ2n) is 5.16. The zero-order chi connectivity index (χ0) is 17.6. The van der Waals surface area contributed by atoms with Gasteiger partial charge < -0.3 is 10.6 Å². The largest absolute Gasteiger partial charge is 0.494 e. The average Bonchev–Trinajstić information content (AvgIpc) is 2.97. The summed E-state index contributed by atoms with van der Waals surface area (Å²) in [5.74, 6) is 7.73. The van der Waals surface area contributed by atoms with Crippen LogP contribution in [0.15, 0.2) is 53.7 Å². The summed E-state index contributed by atoms with van der Waals surface area (Å²) in [6.45, 7) is 0.523. The van der Waals surface area contributed by atoms with Gasteiger partial charge in [-0.1, -0.05) is 35.5 Å². The van der Waals surface area contributed by atoms with Crippen molar-refractivity contribution in [3.05, 3.63) is 59.4 Å². The van der Waals surface area contributed by atoms with Crippen LogP contribution in [-0.4, -0.2) is 27.2 Å². The molecule has 0 aliphatic rings. The maximum absolute atomic E-state index is 12.8. The molecule has 0 saturated carbocycles. The summed E-state index contributed by atoms with van der Waals surface area (Å²) in [6.07, 6.45) is 0.788. The van der Waals surface area contributed by atoms with E-state index >= 15 is 0 Å². The van der Waals surface area contributed by atoms with Gasteiger partial charge >= 0.3 is 0 Å². The molecule has 130 valence electrons. The Labute approximate surface area is 153 Å². The molecular weight excluding hydrogens is 363 g/mol. The predicted molar refractivity (Wildman–Crippen MR) is 97.9 cm³/mol. The van der Waals surface area contributed by atoms with Crippen LogP contribution in [0.2, 0.25) is 5.02 Å². The maximum Gasteiger partial charge on any atom is 0.210 e. The van der Waals surface area contributed by atoms with Crippen molar-refractivity contribution in [1.29, 1.82) is 0 Å². The lowest BCUT2D eigenvalue weighted by molar-refractivity contribution is 0.318. The third-order valence-corrected chi connectivity index (χ3v) is 4.74. The van der Waals surface area contributed by atoms with E-state index in [0.29, 0.717) is 28.4 Å². The highest BCUT2D eigenvalue weighted by atomic mass is 35.5. The zero-order valence-electron chi connectivity index (χ0n) is 13.2. The SMILES string of the molecule is Nn1c(SCCCOc2ccc(F)cc2)nnc1-c1ccccc1Cl. The molecule has 0 atom stereocenters. The first-order valence-corrected chi connectivity index (χ1v) is 8.98. The van der Waals surface area contributed by atoms with E-state index < -0.39 is 0 Å². The van der Waals surface area contributed by atoms with Crippen LogP contribution in [-0.2, 0) is 0 Å². The number of hydrogen-bond donors (Lipinski definition) is 1. The first kappa shape index (κ1) is 17.6. The molecule has 0 amide bonds. The molecular formula is C17H16ClFN4OS. The number of halogens is 2. The fraction of sp³-hybridized carbons (Fsp3) is 0.176. The molecule has 0 fully saturated rings. The van der Waals surface area contributed by atoms with E-state index in [1.54, 1.807) is 18.2 Å². The lowest BCUT2D eigenvalue weighted by Crippen LogP contribution is -2.12. The molecule has 3 aromatic rings. The molecule has 1 heterocycles. The molecule has 8 heteroatoms. The van der Waals surface area contributed by atoms with Gasteiger partial charge in [-0.15, -0.1) is 10.2 Å². The first-order valence-electron chi connectivity index (χ1n) is 7.61. The first-order chi connectivity index (χ1) is 12.1. The minimum absolute atomic E-state index is 0.278. The third-order valence-electron chi connectivity index (χ3n) is 3.38. The number of hydrogen-bond acceptors (Lipinski definition) is 5. The van der Waals surface area contributed by atoms with Gasteiger partial charge in [0.15, 0.2) is 5.82 Å². The Morgan fingerprint density at radius 3 is 2.64 bits per heavy atom. The highest BCUT2D eigenvalue weighted by molar-refractivity contribution is 7.99. The van der Waals surface area contributed by atoms with Crippen molar-refractivity contribution in [2.45, 2.75) is 11.6 Å². The van der Waals surface area contributed by atoms with Gasteiger partial charge in [0.05, 0.1) is 11.6 Å². The Morgan fingerprint density at radius 1 is 1.12 bits per heavy atom. The van der Waals surface area contributed by atoms with Gasteiger partial charge in [0.25, 0.3) is 0 Å². The van der Waals surface area contributed by atoms with Crippen LogP contribution in [0.25, 0.3) is 11.4 Å². The molecule has 2 N–H and O–H groups in total. The summed E-state index contributed by atoms with van der Waals surface area (Å²) in [7, 11) is 0. The fourth-order valence-electron chi connectivity index (χ4n) is 2.14. The second kappa shape index (κ2) is 8.22. The van der Waals surface area contributed by atoms with Crippen molar-refractivity contribution in [1.82, 2.24) is 14.9 Å². The summed E-state index contributed by atoms with van der Waals surface area (Å²) >= 11 is 7.66. The lowest BCUT2D eigenvalue weighted by atomic mass is 10.2. The van der Waals surface area contributed by atoms with E-state index in [1.165, 1.54) is 28.6 Å². The molecule has 5 nitrogen and oxygen atoms in total. The van der Waals surface area contributed by atoms with Crippen LogP contribution in [0.5, 0.6) is 5.75 Å². The molecule has 0 saturated heterocycles. The Balaban J connectivity index is 1.51. The maximum atomic E-state index is 12.8. The molecule has 0 spiro atoms. The van der Waals surface area contributed by atoms with Gasteiger partial charge in [-0.05, 0) is 42.8 Å². The highest BCUT2D eigenvalue weighted by Crippen LogP contribution is 2.27. The predicted octanol–water partition coefficient (Wildman–Crippen LogP) is 4.01. The van der Waals surface area contributed by atoms with Crippen LogP contribution < -0.4 is 10.6 Å². The summed E-state index contributed by atoms with van der Waals surface area (Å²) in [4.78, 5) is 0. The Morgan fingerprint density at radius 2 is 1.88 bits per heavy atom. The summed E-state index contributed by atoms with van der Waals surface area (Å²) in [6, 6.07) is 13.3. The van der Waals surface area contributed by atoms with Gasteiger partial charge in [0, 0.05) is 11.3 Å². The van der Waals surface area contributed by atoms with Crippen LogP contribution in [0.4, 0.5) is 4.39 Å². The smallest absolute Gasteiger partial charge is 0.210 e. The van der Waals surface area contributed by atoms with Crippen molar-refractivity contribution in [2.24, 2.45) is 0 Å². The van der Waals surface area contributed by atoms with E-state index in [2.05, 4.69) is 10.2 Å². The zero-order valence-corrected chi connectivity index (χ0v) is 14.8. The number of nitrogen functional groups attached to an aromatic ring is 1. The monoisotopic (exact) mass is 378 g/mol. The number of aromatic nitrogens is 3. The van der Waals surface area contributed by atoms with Gasteiger partial charge in [-0.25, -0.2) is 9.07 Å². The number of nitrogens with two attached hydrogens (primary N) is 1. The standard InChI is InChI=1S/C17H16ClFN4OS/c18-15-5-2-1-4-14(15)16-21-22-17(23(16)20)25-11-3-10-24-13-8-6-12(19)7-9-13/h1-2,4-9H,3,10-11,20H2. The van der Waals surface area contributed by atoms with E-state index in [4.69, 9.17) is 22.2 Å². The molecule has 2 aromatic carbocycles. The minimum Gasteiger partial charge on any atom is -0.494 e. The number of benzene rings is 2. The number of rotatable bonds is 7. The fourth-order valence-corrected chi connectivity index (χ4v) is 3.13. The Hall–Kier alpha value is -2.25.